The molecule has 13 heavy (non-hydrogen) atoms. The Morgan fingerprint density at radius 1 is 1.69 bits per heavy atom. The van der Waals surface area contributed by atoms with Gasteiger partial charge in [-0.25, -0.2) is 9.78 Å². The van der Waals surface area contributed by atoms with Crippen molar-refractivity contribution in [2.24, 2.45) is 0 Å². The highest BCUT2D eigenvalue weighted by molar-refractivity contribution is 7.09. The van der Waals surface area contributed by atoms with Gasteiger partial charge in [-0.3, -0.25) is 4.79 Å². The molecule has 1 amide bonds. The Morgan fingerprint density at radius 2 is 2.46 bits per heavy atom. The number of nitrogens with one attached hydrogen (secondary N) is 1. The number of carbonyl (C=O) groups is 2. The van der Waals surface area contributed by atoms with Crippen LogP contribution >= 0.6 is 11.3 Å². The number of thiazole rings is 1. The molecule has 0 radical (unpaired) electrons. The predicted octanol–water partition coefficient (Wildman–Crippen LogP) is -0.0677. The van der Waals surface area contributed by atoms with Gasteiger partial charge in [0.25, 0.3) is 0 Å². The number of nitrogens with zero attached hydrogens (tertiary/aromatic N) is 1. The SMILES string of the molecule is COC(=O)C(=O)NCc1nccs1. The normalized spacial score (nSPS) is 9.31. The van der Waals surface area contributed by atoms with Crippen LogP contribution in [0.5, 0.6) is 0 Å². The summed E-state index contributed by atoms with van der Waals surface area (Å²) in [6.07, 6.45) is 1.63. The first-order chi connectivity index (χ1) is 6.24. The van der Waals surface area contributed by atoms with Gasteiger partial charge in [-0.1, -0.05) is 0 Å². The van der Waals surface area contributed by atoms with Gasteiger partial charge >= 0.3 is 11.9 Å². The average Bonchev–Trinajstić information content (AvgIpc) is 2.65. The fourth-order valence-corrected chi connectivity index (χ4v) is 1.22. The Balaban J connectivity index is 2.35. The molecule has 6 heteroatoms. The lowest BCUT2D eigenvalue weighted by molar-refractivity contribution is -0.152. The smallest absolute Gasteiger partial charge is 0.396 e. The van der Waals surface area contributed by atoms with E-state index in [0.29, 0.717) is 0 Å². The van der Waals surface area contributed by atoms with E-state index in [1.807, 2.05) is 0 Å². The molecule has 0 spiro atoms. The van der Waals surface area contributed by atoms with Crippen LogP contribution in [-0.2, 0) is 20.9 Å². The number of aromatic nitrogens is 1. The molecule has 0 saturated heterocycles. The molecule has 0 aliphatic carbocycles. The second-order valence-electron chi connectivity index (χ2n) is 2.10. The van der Waals surface area contributed by atoms with Gasteiger partial charge in [-0.2, -0.15) is 0 Å². The van der Waals surface area contributed by atoms with Crippen molar-refractivity contribution >= 4 is 23.2 Å². The van der Waals surface area contributed by atoms with Crippen molar-refractivity contribution in [2.45, 2.75) is 6.54 Å². The largest absolute Gasteiger partial charge is 0.462 e. The number of hydrogen-bond donors (Lipinski definition) is 1. The first-order valence-corrected chi connectivity index (χ1v) is 4.36. The molecular weight excluding hydrogens is 192 g/mol. The average molecular weight is 200 g/mol. The summed E-state index contributed by atoms with van der Waals surface area (Å²) in [6, 6.07) is 0. The fraction of sp³-hybridized carbons (Fsp3) is 0.286. The minimum absolute atomic E-state index is 0.256. The van der Waals surface area contributed by atoms with E-state index in [1.54, 1.807) is 11.6 Å². The Morgan fingerprint density at radius 3 is 3.00 bits per heavy atom. The molecule has 1 rings (SSSR count). The van der Waals surface area contributed by atoms with Gasteiger partial charge in [0.15, 0.2) is 0 Å². The summed E-state index contributed by atoms with van der Waals surface area (Å²) in [5, 5.41) is 4.91. The van der Waals surface area contributed by atoms with Crippen LogP contribution in [0, 0.1) is 0 Å². The van der Waals surface area contributed by atoms with Crippen molar-refractivity contribution in [2.75, 3.05) is 7.11 Å². The van der Waals surface area contributed by atoms with Gasteiger partial charge < -0.3 is 10.1 Å². The maximum atomic E-state index is 10.9. The van der Waals surface area contributed by atoms with E-state index in [4.69, 9.17) is 0 Å². The molecule has 1 aromatic heterocycles. The lowest BCUT2D eigenvalue weighted by atomic mass is 10.5. The lowest BCUT2D eigenvalue weighted by Gasteiger charge is -1.99. The third kappa shape index (κ3) is 2.83. The van der Waals surface area contributed by atoms with Gasteiger partial charge in [0.2, 0.25) is 0 Å². The molecule has 0 saturated carbocycles. The predicted molar refractivity (Wildman–Crippen MR) is 46.0 cm³/mol. The Kier molecular flexibility index (Phi) is 3.39. The Hall–Kier alpha value is -1.43. The zero-order chi connectivity index (χ0) is 9.68. The van der Waals surface area contributed by atoms with Crippen molar-refractivity contribution in [3.8, 4) is 0 Å². The van der Waals surface area contributed by atoms with Gasteiger partial charge in [0, 0.05) is 11.6 Å². The lowest BCUT2D eigenvalue weighted by Crippen LogP contribution is -2.31. The van der Waals surface area contributed by atoms with E-state index in [0.717, 1.165) is 12.1 Å². The van der Waals surface area contributed by atoms with Crippen LogP contribution in [-0.4, -0.2) is 24.0 Å². The molecule has 70 valence electrons. The molecule has 0 bridgehead atoms. The van der Waals surface area contributed by atoms with E-state index >= 15 is 0 Å². The first-order valence-electron chi connectivity index (χ1n) is 3.48. The fourth-order valence-electron chi connectivity index (χ4n) is 0.661. The standard InChI is InChI=1S/C7H8N2O3S/c1-12-7(11)6(10)9-4-5-8-2-3-13-5/h2-3H,4H2,1H3,(H,9,10). The second kappa shape index (κ2) is 4.56. The summed E-state index contributed by atoms with van der Waals surface area (Å²) in [5.74, 6) is -1.64. The number of esters is 1. The number of amides is 1. The van der Waals surface area contributed by atoms with E-state index in [2.05, 4.69) is 15.0 Å². The molecule has 0 aliphatic rings. The van der Waals surface area contributed by atoms with E-state index < -0.39 is 11.9 Å². The maximum Gasteiger partial charge on any atom is 0.396 e. The molecule has 0 atom stereocenters. The number of methoxy groups -OCH3 is 1. The van der Waals surface area contributed by atoms with Crippen molar-refractivity contribution in [3.05, 3.63) is 16.6 Å². The van der Waals surface area contributed by atoms with Crippen molar-refractivity contribution in [1.29, 1.82) is 0 Å². The third-order valence-corrected chi connectivity index (χ3v) is 2.03. The molecule has 5 nitrogen and oxygen atoms in total. The highest BCUT2D eigenvalue weighted by atomic mass is 32.1. The molecular formula is C7H8N2O3S. The summed E-state index contributed by atoms with van der Waals surface area (Å²) in [4.78, 5) is 25.4. The molecule has 1 heterocycles. The Bertz CT molecular complexity index is 297. The van der Waals surface area contributed by atoms with Gasteiger partial charge in [0.1, 0.15) is 5.01 Å². The minimum Gasteiger partial charge on any atom is -0.462 e. The van der Waals surface area contributed by atoms with Gasteiger partial charge in [-0.05, 0) is 0 Å². The molecule has 0 aromatic carbocycles. The van der Waals surface area contributed by atoms with Gasteiger partial charge in [0.05, 0.1) is 13.7 Å². The summed E-state index contributed by atoms with van der Waals surface area (Å²) in [5.41, 5.74) is 0. The molecule has 0 fully saturated rings. The molecule has 0 unspecified atom stereocenters. The van der Waals surface area contributed by atoms with Crippen molar-refractivity contribution in [1.82, 2.24) is 10.3 Å². The maximum absolute atomic E-state index is 10.9. The number of rotatable bonds is 2. The van der Waals surface area contributed by atoms with Crippen LogP contribution in [0.3, 0.4) is 0 Å². The van der Waals surface area contributed by atoms with Crippen molar-refractivity contribution < 1.29 is 14.3 Å². The number of ether oxygens (including phenoxy) is 1. The van der Waals surface area contributed by atoms with Crippen molar-refractivity contribution in [3.63, 3.8) is 0 Å². The van der Waals surface area contributed by atoms with E-state index in [-0.39, 0.29) is 6.54 Å². The van der Waals surface area contributed by atoms with Crippen LogP contribution in [0.25, 0.3) is 0 Å². The number of hydrogen-bond acceptors (Lipinski definition) is 5. The topological polar surface area (TPSA) is 68.3 Å². The van der Waals surface area contributed by atoms with Crippen LogP contribution in [0.1, 0.15) is 5.01 Å². The third-order valence-electron chi connectivity index (χ3n) is 1.25. The zero-order valence-electron chi connectivity index (χ0n) is 6.94. The minimum atomic E-state index is -0.892. The van der Waals surface area contributed by atoms with E-state index in [9.17, 15) is 9.59 Å². The molecule has 1 N–H and O–H groups in total. The first kappa shape index (κ1) is 9.66. The van der Waals surface area contributed by atoms with Crippen LogP contribution in [0.2, 0.25) is 0 Å². The van der Waals surface area contributed by atoms with E-state index in [1.165, 1.54) is 11.3 Å². The van der Waals surface area contributed by atoms with Crippen LogP contribution in [0.15, 0.2) is 11.6 Å². The zero-order valence-corrected chi connectivity index (χ0v) is 7.76. The molecule has 0 aliphatic heterocycles. The monoisotopic (exact) mass is 200 g/mol. The summed E-state index contributed by atoms with van der Waals surface area (Å²) in [6.45, 7) is 0.256. The summed E-state index contributed by atoms with van der Waals surface area (Å²) >= 11 is 1.41. The second-order valence-corrected chi connectivity index (χ2v) is 3.08. The number of carbonyl (C=O) groups excluding carboxylic acids is 2. The van der Waals surface area contributed by atoms with Crippen LogP contribution in [0.4, 0.5) is 0 Å². The molecule has 1 aromatic rings. The quantitative estimate of drug-likeness (QED) is 0.536. The summed E-state index contributed by atoms with van der Waals surface area (Å²) in [7, 11) is 1.16. The summed E-state index contributed by atoms with van der Waals surface area (Å²) < 4.78 is 4.21. The highest BCUT2D eigenvalue weighted by Crippen LogP contribution is 2.02. The van der Waals surface area contributed by atoms with Gasteiger partial charge in [-0.15, -0.1) is 11.3 Å². The highest BCUT2D eigenvalue weighted by Gasteiger charge is 2.12. The van der Waals surface area contributed by atoms with Crippen LogP contribution < -0.4 is 5.32 Å². The Labute approximate surface area is 78.7 Å².